The van der Waals surface area contributed by atoms with Crippen molar-refractivity contribution in [3.63, 3.8) is 0 Å². The molecule has 24 heavy (non-hydrogen) atoms. The molecule has 2 aliphatic heterocycles. The zero-order valence-corrected chi connectivity index (χ0v) is 14.2. The van der Waals surface area contributed by atoms with Gasteiger partial charge in [-0.1, -0.05) is 24.3 Å². The van der Waals surface area contributed by atoms with Crippen molar-refractivity contribution in [2.45, 2.75) is 43.9 Å². The number of rotatable bonds is 3. The second-order valence-electron chi connectivity index (χ2n) is 6.91. The molecule has 0 radical (unpaired) electrons. The number of piperidine rings is 1. The summed E-state index contributed by atoms with van der Waals surface area (Å²) in [7, 11) is 3.84. The Labute approximate surface area is 142 Å². The van der Waals surface area contributed by atoms with Crippen LogP contribution in [0.1, 0.15) is 36.0 Å². The van der Waals surface area contributed by atoms with Gasteiger partial charge in [0.25, 0.3) is 0 Å². The number of nitrogens with zero attached hydrogens (tertiary/aromatic N) is 1. The number of carbonyl (C=O) groups is 1. The highest BCUT2D eigenvalue weighted by molar-refractivity contribution is 6.06. The number of hydrogen-bond acceptors (Lipinski definition) is 4. The predicted octanol–water partition coefficient (Wildman–Crippen LogP) is 3.63. The molecule has 2 aromatic carbocycles. The van der Waals surface area contributed by atoms with Crippen LogP contribution in [0, 0.1) is 0 Å². The normalized spacial score (nSPS) is 26.5. The smallest absolute Gasteiger partial charge is 0.339 e. The van der Waals surface area contributed by atoms with Gasteiger partial charge in [0.05, 0.1) is 12.7 Å². The topological polar surface area (TPSA) is 38.8 Å². The molecule has 2 aliphatic rings. The van der Waals surface area contributed by atoms with Gasteiger partial charge in [-0.15, -0.1) is 0 Å². The number of ether oxygens (including phenoxy) is 2. The SMILES string of the molecule is COc1ccc(C(=O)OC2C[C@H]3CC[C@@H](C2)N3C)c2ccccc12. The molecule has 1 unspecified atom stereocenters. The summed E-state index contributed by atoms with van der Waals surface area (Å²) in [4.78, 5) is 15.2. The van der Waals surface area contributed by atoms with Crippen LogP contribution in [-0.2, 0) is 4.74 Å². The lowest BCUT2D eigenvalue weighted by molar-refractivity contribution is -0.000262. The molecule has 4 nitrogen and oxygen atoms in total. The van der Waals surface area contributed by atoms with E-state index < -0.39 is 0 Å². The second-order valence-corrected chi connectivity index (χ2v) is 6.91. The minimum absolute atomic E-state index is 0.0343. The van der Waals surface area contributed by atoms with E-state index >= 15 is 0 Å². The fourth-order valence-corrected chi connectivity index (χ4v) is 4.30. The fourth-order valence-electron chi connectivity index (χ4n) is 4.30. The lowest BCUT2D eigenvalue weighted by Gasteiger charge is -2.35. The van der Waals surface area contributed by atoms with E-state index in [1.807, 2.05) is 36.4 Å². The van der Waals surface area contributed by atoms with E-state index in [1.165, 1.54) is 12.8 Å². The average molecular weight is 325 g/mol. The first-order valence-electron chi connectivity index (χ1n) is 8.66. The fraction of sp³-hybridized carbons (Fsp3) is 0.450. The number of hydrogen-bond donors (Lipinski definition) is 0. The molecule has 2 fully saturated rings. The van der Waals surface area contributed by atoms with Gasteiger partial charge in [-0.25, -0.2) is 4.79 Å². The minimum atomic E-state index is -0.220. The van der Waals surface area contributed by atoms with E-state index in [4.69, 9.17) is 9.47 Å². The third-order valence-electron chi connectivity index (χ3n) is 5.65. The highest BCUT2D eigenvalue weighted by Gasteiger charge is 2.40. The predicted molar refractivity (Wildman–Crippen MR) is 93.5 cm³/mol. The lowest BCUT2D eigenvalue weighted by atomic mass is 10.00. The van der Waals surface area contributed by atoms with Gasteiger partial charge in [0, 0.05) is 30.3 Å². The maximum Gasteiger partial charge on any atom is 0.339 e. The van der Waals surface area contributed by atoms with Crippen molar-refractivity contribution in [3.8, 4) is 5.75 Å². The maximum atomic E-state index is 12.8. The Bertz CT molecular complexity index is 759. The molecular weight excluding hydrogens is 302 g/mol. The highest BCUT2D eigenvalue weighted by atomic mass is 16.5. The first kappa shape index (κ1) is 15.5. The summed E-state index contributed by atoms with van der Waals surface area (Å²) in [5.41, 5.74) is 0.623. The second kappa shape index (κ2) is 6.10. The zero-order valence-electron chi connectivity index (χ0n) is 14.2. The van der Waals surface area contributed by atoms with Crippen LogP contribution >= 0.6 is 0 Å². The summed E-state index contributed by atoms with van der Waals surface area (Å²) in [6, 6.07) is 12.6. The Balaban J connectivity index is 1.58. The molecule has 4 rings (SSSR count). The summed E-state index contributed by atoms with van der Waals surface area (Å²) in [5.74, 6) is 0.558. The Kier molecular flexibility index (Phi) is 3.93. The molecule has 0 aromatic heterocycles. The van der Waals surface area contributed by atoms with Crippen molar-refractivity contribution in [1.82, 2.24) is 4.90 Å². The summed E-state index contributed by atoms with van der Waals surface area (Å²) in [6.45, 7) is 0. The molecule has 126 valence electrons. The van der Waals surface area contributed by atoms with E-state index in [-0.39, 0.29) is 12.1 Å². The molecule has 2 heterocycles. The average Bonchev–Trinajstić information content (AvgIpc) is 2.82. The maximum absolute atomic E-state index is 12.8. The molecule has 0 amide bonds. The standard InChI is InChI=1S/C20H23NO3/c1-21-13-7-8-14(21)12-15(11-13)24-20(22)18-9-10-19(23-2)17-6-4-3-5-16(17)18/h3-6,9-10,13-15H,7-8,11-12H2,1-2H3/t13-,14+,15?. The van der Waals surface area contributed by atoms with E-state index in [2.05, 4.69) is 11.9 Å². The van der Waals surface area contributed by atoms with Gasteiger partial charge in [-0.3, -0.25) is 0 Å². The summed E-state index contributed by atoms with van der Waals surface area (Å²) in [5, 5.41) is 1.83. The van der Waals surface area contributed by atoms with Crippen molar-refractivity contribution in [3.05, 3.63) is 42.0 Å². The van der Waals surface area contributed by atoms with E-state index in [0.29, 0.717) is 17.6 Å². The van der Waals surface area contributed by atoms with Crippen molar-refractivity contribution in [2.24, 2.45) is 0 Å². The van der Waals surface area contributed by atoms with Gasteiger partial charge in [0.1, 0.15) is 11.9 Å². The highest BCUT2D eigenvalue weighted by Crippen LogP contribution is 2.36. The first-order valence-corrected chi connectivity index (χ1v) is 8.66. The Hall–Kier alpha value is -2.07. The van der Waals surface area contributed by atoms with Crippen molar-refractivity contribution >= 4 is 16.7 Å². The van der Waals surface area contributed by atoms with Crippen molar-refractivity contribution in [2.75, 3.05) is 14.2 Å². The quantitative estimate of drug-likeness (QED) is 0.808. The van der Waals surface area contributed by atoms with Gasteiger partial charge < -0.3 is 14.4 Å². The number of carbonyl (C=O) groups excluding carboxylic acids is 1. The van der Waals surface area contributed by atoms with Crippen LogP contribution in [0.4, 0.5) is 0 Å². The lowest BCUT2D eigenvalue weighted by Crippen LogP contribution is -2.43. The molecule has 4 heteroatoms. The van der Waals surface area contributed by atoms with Gasteiger partial charge in [0.2, 0.25) is 0 Å². The molecule has 2 saturated heterocycles. The van der Waals surface area contributed by atoms with Crippen LogP contribution < -0.4 is 4.74 Å². The van der Waals surface area contributed by atoms with Crippen LogP contribution in [0.5, 0.6) is 5.75 Å². The molecular formula is C20H23NO3. The summed E-state index contributed by atoms with van der Waals surface area (Å²) in [6.07, 6.45) is 4.38. The number of esters is 1. The Morgan fingerprint density at radius 3 is 2.38 bits per heavy atom. The van der Waals surface area contributed by atoms with E-state index in [0.717, 1.165) is 29.4 Å². The minimum Gasteiger partial charge on any atom is -0.496 e. The molecule has 0 aliphatic carbocycles. The largest absolute Gasteiger partial charge is 0.496 e. The Morgan fingerprint density at radius 2 is 1.71 bits per heavy atom. The molecule has 2 bridgehead atoms. The van der Waals surface area contributed by atoms with E-state index in [9.17, 15) is 4.79 Å². The van der Waals surface area contributed by atoms with Crippen LogP contribution in [0.15, 0.2) is 36.4 Å². The monoisotopic (exact) mass is 325 g/mol. The molecule has 3 atom stereocenters. The zero-order chi connectivity index (χ0) is 16.7. The van der Waals surface area contributed by atoms with Crippen molar-refractivity contribution in [1.29, 1.82) is 0 Å². The van der Waals surface area contributed by atoms with Crippen LogP contribution in [-0.4, -0.2) is 43.2 Å². The van der Waals surface area contributed by atoms with E-state index in [1.54, 1.807) is 7.11 Å². The van der Waals surface area contributed by atoms with Gasteiger partial charge in [-0.05, 0) is 37.4 Å². The van der Waals surface area contributed by atoms with Crippen LogP contribution in [0.25, 0.3) is 10.8 Å². The summed E-state index contributed by atoms with van der Waals surface area (Å²) < 4.78 is 11.3. The third-order valence-corrected chi connectivity index (χ3v) is 5.65. The molecule has 0 N–H and O–H groups in total. The Morgan fingerprint density at radius 1 is 1.04 bits per heavy atom. The first-order chi connectivity index (χ1) is 11.7. The molecule has 2 aromatic rings. The van der Waals surface area contributed by atoms with Gasteiger partial charge in [0.15, 0.2) is 0 Å². The number of benzene rings is 2. The molecule has 0 saturated carbocycles. The third kappa shape index (κ3) is 2.55. The molecule has 0 spiro atoms. The summed E-state index contributed by atoms with van der Waals surface area (Å²) >= 11 is 0. The van der Waals surface area contributed by atoms with Crippen LogP contribution in [0.3, 0.4) is 0 Å². The van der Waals surface area contributed by atoms with Crippen molar-refractivity contribution < 1.29 is 14.3 Å². The number of fused-ring (bicyclic) bond motifs is 3. The van der Waals surface area contributed by atoms with Gasteiger partial charge >= 0.3 is 5.97 Å². The van der Waals surface area contributed by atoms with Crippen LogP contribution in [0.2, 0.25) is 0 Å². The van der Waals surface area contributed by atoms with Gasteiger partial charge in [-0.2, -0.15) is 0 Å². The number of methoxy groups -OCH3 is 1.